The van der Waals surface area contributed by atoms with Crippen molar-refractivity contribution in [1.82, 2.24) is 20.1 Å². The van der Waals surface area contributed by atoms with Gasteiger partial charge in [-0.05, 0) is 37.0 Å². The van der Waals surface area contributed by atoms with Crippen LogP contribution < -0.4 is 10.1 Å². The van der Waals surface area contributed by atoms with Crippen LogP contribution >= 0.6 is 0 Å². The SMILES string of the molecule is CCc1ccc(OCC(=O)NC2CCCCC2)c(-n2cnnc2)c1. The van der Waals surface area contributed by atoms with E-state index < -0.39 is 0 Å². The zero-order valence-corrected chi connectivity index (χ0v) is 14.1. The number of benzene rings is 1. The molecular weight excluding hydrogens is 304 g/mol. The van der Waals surface area contributed by atoms with Gasteiger partial charge in [0.2, 0.25) is 0 Å². The molecule has 1 saturated carbocycles. The third-order valence-electron chi connectivity index (χ3n) is 4.46. The van der Waals surface area contributed by atoms with Crippen molar-refractivity contribution in [3.8, 4) is 11.4 Å². The maximum Gasteiger partial charge on any atom is 0.258 e. The monoisotopic (exact) mass is 328 g/mol. The molecule has 1 aromatic carbocycles. The molecule has 6 nitrogen and oxygen atoms in total. The number of hydrogen-bond donors (Lipinski definition) is 1. The van der Waals surface area contributed by atoms with Crippen LogP contribution in [-0.2, 0) is 11.2 Å². The van der Waals surface area contributed by atoms with Gasteiger partial charge in [0.15, 0.2) is 6.61 Å². The summed E-state index contributed by atoms with van der Waals surface area (Å²) in [5, 5.41) is 10.8. The van der Waals surface area contributed by atoms with Gasteiger partial charge in [0.25, 0.3) is 5.91 Å². The predicted molar refractivity (Wildman–Crippen MR) is 91.2 cm³/mol. The molecule has 1 aromatic heterocycles. The van der Waals surface area contributed by atoms with E-state index in [2.05, 4.69) is 22.4 Å². The maximum absolute atomic E-state index is 12.1. The van der Waals surface area contributed by atoms with E-state index in [1.807, 2.05) is 18.2 Å². The summed E-state index contributed by atoms with van der Waals surface area (Å²) < 4.78 is 7.57. The van der Waals surface area contributed by atoms with E-state index >= 15 is 0 Å². The summed E-state index contributed by atoms with van der Waals surface area (Å²) in [5.41, 5.74) is 2.04. The van der Waals surface area contributed by atoms with Crippen LogP contribution in [0.3, 0.4) is 0 Å². The summed E-state index contributed by atoms with van der Waals surface area (Å²) in [4.78, 5) is 12.1. The van der Waals surface area contributed by atoms with Crippen molar-refractivity contribution in [2.24, 2.45) is 0 Å². The largest absolute Gasteiger partial charge is 0.482 e. The highest BCUT2D eigenvalue weighted by Crippen LogP contribution is 2.24. The molecule has 1 aliphatic carbocycles. The fourth-order valence-electron chi connectivity index (χ4n) is 3.09. The van der Waals surface area contributed by atoms with Crippen LogP contribution in [0.15, 0.2) is 30.9 Å². The van der Waals surface area contributed by atoms with Crippen LogP contribution in [0.4, 0.5) is 0 Å². The van der Waals surface area contributed by atoms with Crippen molar-refractivity contribution in [3.05, 3.63) is 36.4 Å². The first-order chi connectivity index (χ1) is 11.8. The summed E-state index contributed by atoms with van der Waals surface area (Å²) in [6, 6.07) is 6.26. The van der Waals surface area contributed by atoms with E-state index in [1.165, 1.54) is 24.8 Å². The molecule has 0 bridgehead atoms. The van der Waals surface area contributed by atoms with Crippen LogP contribution in [0.1, 0.15) is 44.6 Å². The molecule has 1 N–H and O–H groups in total. The molecule has 128 valence electrons. The van der Waals surface area contributed by atoms with E-state index in [1.54, 1.807) is 17.2 Å². The highest BCUT2D eigenvalue weighted by Gasteiger charge is 2.16. The second kappa shape index (κ2) is 7.95. The summed E-state index contributed by atoms with van der Waals surface area (Å²) in [6.07, 6.45) is 10.00. The van der Waals surface area contributed by atoms with Crippen LogP contribution in [0.2, 0.25) is 0 Å². The number of aromatic nitrogens is 3. The lowest BCUT2D eigenvalue weighted by atomic mass is 9.95. The van der Waals surface area contributed by atoms with Gasteiger partial charge >= 0.3 is 0 Å². The number of nitrogens with zero attached hydrogens (tertiary/aromatic N) is 3. The van der Waals surface area contributed by atoms with E-state index in [-0.39, 0.29) is 12.5 Å². The highest BCUT2D eigenvalue weighted by molar-refractivity contribution is 5.78. The summed E-state index contributed by atoms with van der Waals surface area (Å²) in [7, 11) is 0. The zero-order chi connectivity index (χ0) is 16.8. The average Bonchev–Trinajstić information content (AvgIpc) is 3.15. The smallest absolute Gasteiger partial charge is 0.258 e. The van der Waals surface area contributed by atoms with Crippen molar-refractivity contribution in [3.63, 3.8) is 0 Å². The van der Waals surface area contributed by atoms with Gasteiger partial charge in [-0.1, -0.05) is 32.3 Å². The molecule has 1 amide bonds. The number of hydrogen-bond acceptors (Lipinski definition) is 4. The molecule has 2 aromatic rings. The molecule has 0 spiro atoms. The van der Waals surface area contributed by atoms with Gasteiger partial charge in [0.1, 0.15) is 18.4 Å². The van der Waals surface area contributed by atoms with Crippen molar-refractivity contribution in [1.29, 1.82) is 0 Å². The average molecular weight is 328 g/mol. The molecule has 1 fully saturated rings. The van der Waals surface area contributed by atoms with Crippen molar-refractivity contribution >= 4 is 5.91 Å². The van der Waals surface area contributed by atoms with Crippen LogP contribution in [0.5, 0.6) is 5.75 Å². The Morgan fingerprint density at radius 2 is 2.00 bits per heavy atom. The second-order valence-corrected chi connectivity index (χ2v) is 6.22. The normalized spacial score (nSPS) is 15.2. The number of aryl methyl sites for hydroxylation is 1. The Balaban J connectivity index is 1.65. The first-order valence-electron chi connectivity index (χ1n) is 8.66. The number of carbonyl (C=O) groups excluding carboxylic acids is 1. The third kappa shape index (κ3) is 4.13. The molecule has 24 heavy (non-hydrogen) atoms. The molecule has 1 aliphatic rings. The third-order valence-corrected chi connectivity index (χ3v) is 4.46. The van der Waals surface area contributed by atoms with Gasteiger partial charge in [-0.2, -0.15) is 0 Å². The van der Waals surface area contributed by atoms with Crippen LogP contribution in [0, 0.1) is 0 Å². The first-order valence-corrected chi connectivity index (χ1v) is 8.66. The summed E-state index contributed by atoms with van der Waals surface area (Å²) >= 11 is 0. The maximum atomic E-state index is 12.1. The Hall–Kier alpha value is -2.37. The quantitative estimate of drug-likeness (QED) is 0.885. The Kier molecular flexibility index (Phi) is 5.46. The van der Waals surface area contributed by atoms with Crippen LogP contribution in [-0.4, -0.2) is 33.3 Å². The molecular formula is C18H24N4O2. The zero-order valence-electron chi connectivity index (χ0n) is 14.1. The summed E-state index contributed by atoms with van der Waals surface area (Å²) in [6.45, 7) is 2.13. The van der Waals surface area contributed by atoms with Crippen LogP contribution in [0.25, 0.3) is 5.69 Å². The number of rotatable bonds is 6. The van der Waals surface area contributed by atoms with Crippen molar-refractivity contribution in [2.45, 2.75) is 51.5 Å². The molecule has 0 unspecified atom stereocenters. The Bertz CT molecular complexity index is 664. The van der Waals surface area contributed by atoms with Gasteiger partial charge in [0.05, 0.1) is 5.69 Å². The van der Waals surface area contributed by atoms with Crippen molar-refractivity contribution in [2.75, 3.05) is 6.61 Å². The molecule has 0 aliphatic heterocycles. The minimum atomic E-state index is -0.0591. The molecule has 3 rings (SSSR count). The van der Waals surface area contributed by atoms with Gasteiger partial charge < -0.3 is 10.1 Å². The highest BCUT2D eigenvalue weighted by atomic mass is 16.5. The molecule has 0 saturated heterocycles. The minimum Gasteiger partial charge on any atom is -0.482 e. The van der Waals surface area contributed by atoms with Gasteiger partial charge in [-0.15, -0.1) is 10.2 Å². The lowest BCUT2D eigenvalue weighted by molar-refractivity contribution is -0.124. The Labute approximate surface area is 142 Å². The lowest BCUT2D eigenvalue weighted by Crippen LogP contribution is -2.39. The molecule has 6 heteroatoms. The van der Waals surface area contributed by atoms with Gasteiger partial charge in [0, 0.05) is 6.04 Å². The van der Waals surface area contributed by atoms with Crippen molar-refractivity contribution < 1.29 is 9.53 Å². The topological polar surface area (TPSA) is 69.0 Å². The lowest BCUT2D eigenvalue weighted by Gasteiger charge is -2.22. The molecule has 0 radical (unpaired) electrons. The standard InChI is InChI=1S/C18H24N4O2/c1-2-14-8-9-17(16(10-14)22-12-19-20-13-22)24-11-18(23)21-15-6-4-3-5-7-15/h8-10,12-13,15H,2-7,11H2,1H3,(H,21,23). The number of carbonyl (C=O) groups is 1. The first kappa shape index (κ1) is 16.5. The fourth-order valence-corrected chi connectivity index (χ4v) is 3.09. The van der Waals surface area contributed by atoms with Gasteiger partial charge in [-0.3, -0.25) is 9.36 Å². The number of nitrogens with one attached hydrogen (secondary N) is 1. The van der Waals surface area contributed by atoms with E-state index in [0.29, 0.717) is 11.8 Å². The van der Waals surface area contributed by atoms with E-state index in [4.69, 9.17) is 4.74 Å². The second-order valence-electron chi connectivity index (χ2n) is 6.22. The predicted octanol–water partition coefficient (Wildman–Crippen LogP) is 2.66. The Morgan fingerprint density at radius 3 is 2.71 bits per heavy atom. The molecule has 1 heterocycles. The Morgan fingerprint density at radius 1 is 1.25 bits per heavy atom. The summed E-state index contributed by atoms with van der Waals surface area (Å²) in [5.74, 6) is 0.599. The molecule has 0 atom stereocenters. The minimum absolute atomic E-state index is 0.0249. The number of amides is 1. The van der Waals surface area contributed by atoms with E-state index in [9.17, 15) is 4.79 Å². The number of ether oxygens (including phenoxy) is 1. The fraction of sp³-hybridized carbons (Fsp3) is 0.500. The van der Waals surface area contributed by atoms with E-state index in [0.717, 1.165) is 24.9 Å². The van der Waals surface area contributed by atoms with Gasteiger partial charge in [-0.25, -0.2) is 0 Å².